The molecular formula is C21H22N2O3. The molecular weight excluding hydrogens is 328 g/mol. The summed E-state index contributed by atoms with van der Waals surface area (Å²) in [7, 11) is 3.12. The number of hydrogen-bond acceptors (Lipinski definition) is 4. The largest absolute Gasteiger partial charge is 0.493 e. The highest BCUT2D eigenvalue weighted by molar-refractivity contribution is 5.97. The van der Waals surface area contributed by atoms with Gasteiger partial charge < -0.3 is 14.0 Å². The van der Waals surface area contributed by atoms with Crippen LogP contribution in [0.15, 0.2) is 55.0 Å². The zero-order valence-corrected chi connectivity index (χ0v) is 15.2. The van der Waals surface area contributed by atoms with Gasteiger partial charge in [0.2, 0.25) is 0 Å². The minimum atomic E-state index is -0.00763. The van der Waals surface area contributed by atoms with Crippen molar-refractivity contribution in [2.75, 3.05) is 14.2 Å². The Bertz CT molecular complexity index is 915. The lowest BCUT2D eigenvalue weighted by atomic mass is 10.1. The molecule has 0 saturated heterocycles. The van der Waals surface area contributed by atoms with Crippen molar-refractivity contribution in [2.24, 2.45) is 0 Å². The maximum absolute atomic E-state index is 12.5. The molecule has 5 nitrogen and oxygen atoms in total. The predicted molar refractivity (Wildman–Crippen MR) is 100 cm³/mol. The van der Waals surface area contributed by atoms with Crippen LogP contribution in [0.1, 0.15) is 27.2 Å². The molecule has 26 heavy (non-hydrogen) atoms. The fourth-order valence-electron chi connectivity index (χ4n) is 2.88. The van der Waals surface area contributed by atoms with Crippen LogP contribution >= 0.6 is 0 Å². The van der Waals surface area contributed by atoms with Crippen LogP contribution in [-0.4, -0.2) is 29.6 Å². The molecule has 0 spiro atoms. The number of carbonyl (C=O) groups excluding carboxylic acids is 1. The highest BCUT2D eigenvalue weighted by atomic mass is 16.5. The number of hydrogen-bond donors (Lipinski definition) is 0. The van der Waals surface area contributed by atoms with Crippen molar-refractivity contribution in [1.29, 1.82) is 0 Å². The van der Waals surface area contributed by atoms with Gasteiger partial charge in [0.1, 0.15) is 0 Å². The van der Waals surface area contributed by atoms with Crippen molar-refractivity contribution >= 4 is 5.78 Å². The summed E-state index contributed by atoms with van der Waals surface area (Å²) in [5.41, 5.74) is 3.76. The molecule has 1 heterocycles. The lowest BCUT2D eigenvalue weighted by Crippen LogP contribution is -2.05. The highest BCUT2D eigenvalue weighted by Crippen LogP contribution is 2.28. The maximum atomic E-state index is 12.5. The maximum Gasteiger partial charge on any atom is 0.169 e. The Hall–Kier alpha value is -3.08. The number of aromatic nitrogens is 2. The number of nitrogens with zero attached hydrogens (tertiary/aromatic N) is 2. The Morgan fingerprint density at radius 2 is 1.88 bits per heavy atom. The fraction of sp³-hybridized carbons (Fsp3) is 0.238. The van der Waals surface area contributed by atoms with E-state index >= 15 is 0 Å². The van der Waals surface area contributed by atoms with Gasteiger partial charge >= 0.3 is 0 Å². The smallest absolute Gasteiger partial charge is 0.169 e. The van der Waals surface area contributed by atoms with Crippen LogP contribution in [0, 0.1) is 6.92 Å². The Balaban J connectivity index is 1.69. The molecule has 0 aliphatic heterocycles. The van der Waals surface area contributed by atoms with Gasteiger partial charge in [-0.05, 0) is 30.7 Å². The SMILES string of the molecule is COc1ccc(C(=O)Cc2cn(Cc3cccc(C)c3)cn2)cc1OC. The van der Waals surface area contributed by atoms with Crippen LogP contribution in [0.3, 0.4) is 0 Å². The second kappa shape index (κ2) is 7.87. The van der Waals surface area contributed by atoms with Crippen LogP contribution in [0.5, 0.6) is 11.5 Å². The summed E-state index contributed by atoms with van der Waals surface area (Å²) in [4.78, 5) is 16.9. The molecule has 0 aliphatic carbocycles. The average molecular weight is 350 g/mol. The van der Waals surface area contributed by atoms with E-state index < -0.39 is 0 Å². The van der Waals surface area contributed by atoms with E-state index in [2.05, 4.69) is 30.1 Å². The summed E-state index contributed by atoms with van der Waals surface area (Å²) >= 11 is 0. The first-order valence-electron chi connectivity index (χ1n) is 8.40. The number of rotatable bonds is 7. The van der Waals surface area contributed by atoms with E-state index in [1.807, 2.05) is 16.8 Å². The molecule has 0 aliphatic rings. The number of carbonyl (C=O) groups is 1. The monoisotopic (exact) mass is 350 g/mol. The summed E-state index contributed by atoms with van der Waals surface area (Å²) in [5, 5.41) is 0. The van der Waals surface area contributed by atoms with Crippen LogP contribution in [0.4, 0.5) is 0 Å². The van der Waals surface area contributed by atoms with Gasteiger partial charge in [-0.1, -0.05) is 29.8 Å². The van der Waals surface area contributed by atoms with Crippen molar-refractivity contribution in [3.63, 3.8) is 0 Å². The average Bonchev–Trinajstić information content (AvgIpc) is 3.07. The van der Waals surface area contributed by atoms with Gasteiger partial charge in [0.05, 0.1) is 32.7 Å². The number of methoxy groups -OCH3 is 2. The number of benzene rings is 2. The molecule has 134 valence electrons. The van der Waals surface area contributed by atoms with Gasteiger partial charge in [0.25, 0.3) is 0 Å². The van der Waals surface area contributed by atoms with Crippen LogP contribution < -0.4 is 9.47 Å². The molecule has 0 bridgehead atoms. The Morgan fingerprint density at radius 3 is 2.62 bits per heavy atom. The second-order valence-corrected chi connectivity index (χ2v) is 6.20. The lowest BCUT2D eigenvalue weighted by molar-refractivity contribution is 0.0991. The number of ketones is 1. The number of Topliss-reactive ketones (excluding diaryl/α,β-unsaturated/α-hetero) is 1. The molecule has 1 aromatic heterocycles. The van der Waals surface area contributed by atoms with Crippen molar-refractivity contribution in [2.45, 2.75) is 19.9 Å². The molecule has 0 N–H and O–H groups in total. The van der Waals surface area contributed by atoms with E-state index in [-0.39, 0.29) is 12.2 Å². The third-order valence-electron chi connectivity index (χ3n) is 4.18. The molecule has 0 radical (unpaired) electrons. The topological polar surface area (TPSA) is 53.4 Å². The summed E-state index contributed by atoms with van der Waals surface area (Å²) < 4.78 is 12.5. The van der Waals surface area contributed by atoms with Crippen molar-refractivity contribution in [1.82, 2.24) is 9.55 Å². The minimum absolute atomic E-state index is 0.00763. The second-order valence-electron chi connectivity index (χ2n) is 6.20. The molecule has 0 amide bonds. The summed E-state index contributed by atoms with van der Waals surface area (Å²) in [6, 6.07) is 13.5. The van der Waals surface area contributed by atoms with Crippen molar-refractivity contribution < 1.29 is 14.3 Å². The highest BCUT2D eigenvalue weighted by Gasteiger charge is 2.13. The number of imidazole rings is 1. The van der Waals surface area contributed by atoms with E-state index in [9.17, 15) is 4.79 Å². The molecule has 0 fully saturated rings. The van der Waals surface area contributed by atoms with Crippen molar-refractivity contribution in [3.05, 3.63) is 77.4 Å². The zero-order chi connectivity index (χ0) is 18.5. The molecule has 0 saturated carbocycles. The Labute approximate surface area is 153 Å². The molecule has 0 atom stereocenters. The normalized spacial score (nSPS) is 10.6. The predicted octanol–water partition coefficient (Wildman–Crippen LogP) is 3.68. The summed E-state index contributed by atoms with van der Waals surface area (Å²) in [5.74, 6) is 1.14. The first-order valence-corrected chi connectivity index (χ1v) is 8.40. The van der Waals surface area contributed by atoms with Gasteiger partial charge in [-0.15, -0.1) is 0 Å². The van der Waals surface area contributed by atoms with Crippen molar-refractivity contribution in [3.8, 4) is 11.5 Å². The third kappa shape index (κ3) is 4.11. The van der Waals surface area contributed by atoms with Gasteiger partial charge in [0, 0.05) is 18.3 Å². The third-order valence-corrected chi connectivity index (χ3v) is 4.18. The van der Waals surface area contributed by atoms with E-state index in [4.69, 9.17) is 9.47 Å². The molecule has 5 heteroatoms. The lowest BCUT2D eigenvalue weighted by Gasteiger charge is -2.08. The van der Waals surface area contributed by atoms with Crippen LogP contribution in [-0.2, 0) is 13.0 Å². The van der Waals surface area contributed by atoms with E-state index in [1.54, 1.807) is 38.7 Å². The Kier molecular flexibility index (Phi) is 5.37. The van der Waals surface area contributed by atoms with Gasteiger partial charge in [-0.2, -0.15) is 0 Å². The van der Waals surface area contributed by atoms with E-state index in [0.717, 1.165) is 12.2 Å². The van der Waals surface area contributed by atoms with Gasteiger partial charge in [-0.25, -0.2) is 4.98 Å². The standard InChI is InChI=1S/C21H22N2O3/c1-15-5-4-6-16(9-15)12-23-13-18(22-14-23)11-19(24)17-7-8-20(25-2)21(10-17)26-3/h4-10,13-14H,11-12H2,1-3H3. The zero-order valence-electron chi connectivity index (χ0n) is 15.2. The minimum Gasteiger partial charge on any atom is -0.493 e. The summed E-state index contributed by atoms with van der Waals surface area (Å²) in [6.07, 6.45) is 3.93. The van der Waals surface area contributed by atoms with Gasteiger partial charge in [-0.3, -0.25) is 4.79 Å². The molecule has 0 unspecified atom stereocenters. The van der Waals surface area contributed by atoms with E-state index in [0.29, 0.717) is 17.1 Å². The van der Waals surface area contributed by atoms with E-state index in [1.165, 1.54) is 11.1 Å². The fourth-order valence-corrected chi connectivity index (χ4v) is 2.88. The first kappa shape index (κ1) is 17.7. The molecule has 2 aromatic carbocycles. The first-order chi connectivity index (χ1) is 12.6. The summed E-state index contributed by atoms with van der Waals surface area (Å²) in [6.45, 7) is 2.81. The Morgan fingerprint density at radius 1 is 1.08 bits per heavy atom. The quantitative estimate of drug-likeness (QED) is 0.610. The van der Waals surface area contributed by atoms with Crippen LogP contribution in [0.2, 0.25) is 0 Å². The number of ether oxygens (including phenoxy) is 2. The van der Waals surface area contributed by atoms with Crippen LogP contribution in [0.25, 0.3) is 0 Å². The molecule has 3 rings (SSSR count). The number of aryl methyl sites for hydroxylation is 1. The molecule has 3 aromatic rings. The van der Waals surface area contributed by atoms with Gasteiger partial charge in [0.15, 0.2) is 17.3 Å².